The summed E-state index contributed by atoms with van der Waals surface area (Å²) in [4.78, 5) is 34.0. The molecular weight excluding hydrogens is 272 g/mol. The molecular formula is C15H16N2O4. The average molecular weight is 288 g/mol. The lowest BCUT2D eigenvalue weighted by molar-refractivity contribution is -0.141. The Morgan fingerprint density at radius 3 is 2.48 bits per heavy atom. The number of hydrogen-bond donors (Lipinski definition) is 2. The molecule has 0 spiro atoms. The number of aromatic nitrogens is 1. The van der Waals surface area contributed by atoms with Crippen LogP contribution in [0.1, 0.15) is 24.2 Å². The summed E-state index contributed by atoms with van der Waals surface area (Å²) in [5, 5.41) is 12.4. The Hall–Kier alpha value is -2.63. The van der Waals surface area contributed by atoms with Gasteiger partial charge in [0.1, 0.15) is 6.04 Å². The number of carbonyl (C=O) groups is 3. The zero-order valence-corrected chi connectivity index (χ0v) is 11.8. The average Bonchev–Trinajstić information content (AvgIpc) is 2.77. The minimum atomic E-state index is -1.11. The van der Waals surface area contributed by atoms with E-state index in [2.05, 4.69) is 5.32 Å². The second-order valence-electron chi connectivity index (χ2n) is 4.86. The minimum Gasteiger partial charge on any atom is -0.480 e. The largest absolute Gasteiger partial charge is 0.480 e. The van der Waals surface area contributed by atoms with Gasteiger partial charge in [-0.05, 0) is 11.6 Å². The number of rotatable bonds is 4. The first-order valence-electron chi connectivity index (χ1n) is 6.50. The minimum absolute atomic E-state index is 0.121. The van der Waals surface area contributed by atoms with Crippen LogP contribution in [0.5, 0.6) is 0 Å². The first-order chi connectivity index (χ1) is 9.90. The molecule has 1 aromatic carbocycles. The number of aliphatic carboxylic acids is 1. The van der Waals surface area contributed by atoms with E-state index in [1.54, 1.807) is 12.3 Å². The molecule has 2 N–H and O–H groups in total. The van der Waals surface area contributed by atoms with Crippen molar-refractivity contribution in [2.24, 2.45) is 0 Å². The first kappa shape index (κ1) is 14.8. The van der Waals surface area contributed by atoms with E-state index in [-0.39, 0.29) is 12.3 Å². The summed E-state index contributed by atoms with van der Waals surface area (Å²) >= 11 is 0. The highest BCUT2D eigenvalue weighted by atomic mass is 16.4. The summed E-state index contributed by atoms with van der Waals surface area (Å²) in [5.41, 5.74) is 1.44. The van der Waals surface area contributed by atoms with Gasteiger partial charge in [0.2, 0.25) is 11.8 Å². The second kappa shape index (κ2) is 5.78. The van der Waals surface area contributed by atoms with Crippen LogP contribution in [0, 0.1) is 0 Å². The van der Waals surface area contributed by atoms with E-state index < -0.39 is 17.9 Å². The standard InChI is InChI=1S/C15H16N2O4/c1-9(18)16-13(15(20)21)7-11-8-17(10(2)19)14-6-4-3-5-12(11)14/h3-6,8,13H,7H2,1-2H3,(H,16,18)(H,20,21)/t13-/m0/s1. The lowest BCUT2D eigenvalue weighted by Crippen LogP contribution is -2.41. The quantitative estimate of drug-likeness (QED) is 0.891. The molecule has 1 atom stereocenters. The van der Waals surface area contributed by atoms with Gasteiger partial charge in [-0.3, -0.25) is 14.2 Å². The molecule has 110 valence electrons. The molecule has 0 saturated carbocycles. The Labute approximate surface area is 121 Å². The van der Waals surface area contributed by atoms with Crippen LogP contribution in [0.25, 0.3) is 10.9 Å². The van der Waals surface area contributed by atoms with Crippen LogP contribution in [0.15, 0.2) is 30.5 Å². The van der Waals surface area contributed by atoms with Crippen LogP contribution in [0.4, 0.5) is 0 Å². The predicted molar refractivity (Wildman–Crippen MR) is 77.2 cm³/mol. The van der Waals surface area contributed by atoms with Crippen LogP contribution in [-0.4, -0.2) is 33.5 Å². The molecule has 0 aliphatic heterocycles. The van der Waals surface area contributed by atoms with Crippen LogP contribution in [0.3, 0.4) is 0 Å². The number of carbonyl (C=O) groups excluding carboxylic acids is 2. The molecule has 6 heteroatoms. The lowest BCUT2D eigenvalue weighted by Gasteiger charge is -2.12. The van der Waals surface area contributed by atoms with E-state index in [0.717, 1.165) is 10.9 Å². The fourth-order valence-electron chi connectivity index (χ4n) is 2.34. The number of carboxylic acids is 1. The van der Waals surface area contributed by atoms with Crippen molar-refractivity contribution in [3.63, 3.8) is 0 Å². The van der Waals surface area contributed by atoms with E-state index in [4.69, 9.17) is 0 Å². The molecule has 0 saturated heterocycles. The van der Waals surface area contributed by atoms with Crippen molar-refractivity contribution in [3.05, 3.63) is 36.0 Å². The zero-order valence-electron chi connectivity index (χ0n) is 11.8. The summed E-state index contributed by atoms with van der Waals surface area (Å²) in [6.45, 7) is 2.72. The van der Waals surface area contributed by atoms with Gasteiger partial charge in [-0.1, -0.05) is 18.2 Å². The first-order valence-corrected chi connectivity index (χ1v) is 6.50. The Bertz CT molecular complexity index is 718. The third kappa shape index (κ3) is 3.10. The molecule has 21 heavy (non-hydrogen) atoms. The predicted octanol–water partition coefficient (Wildman–Crippen LogP) is 1.43. The molecule has 1 aromatic heterocycles. The number of carboxylic acid groups (broad SMARTS) is 1. The van der Waals surface area contributed by atoms with Crippen LogP contribution in [-0.2, 0) is 16.0 Å². The monoisotopic (exact) mass is 288 g/mol. The van der Waals surface area contributed by atoms with Gasteiger partial charge in [0, 0.05) is 31.9 Å². The molecule has 0 radical (unpaired) electrons. The number of benzene rings is 1. The summed E-state index contributed by atoms with van der Waals surface area (Å²) in [7, 11) is 0. The lowest BCUT2D eigenvalue weighted by atomic mass is 10.1. The van der Waals surface area contributed by atoms with Gasteiger partial charge in [-0.25, -0.2) is 4.79 Å². The number of para-hydroxylation sites is 1. The summed E-state index contributed by atoms with van der Waals surface area (Å²) in [5.74, 6) is -1.66. The SMILES string of the molecule is CC(=O)N[C@@H](Cc1cn(C(C)=O)c2ccccc12)C(=O)O. The topological polar surface area (TPSA) is 88.4 Å². The summed E-state index contributed by atoms with van der Waals surface area (Å²) in [6.07, 6.45) is 1.75. The smallest absolute Gasteiger partial charge is 0.326 e. The normalized spacial score (nSPS) is 12.1. The van der Waals surface area contributed by atoms with Gasteiger partial charge in [0.05, 0.1) is 5.52 Å². The van der Waals surface area contributed by atoms with Crippen molar-refractivity contribution < 1.29 is 19.5 Å². The van der Waals surface area contributed by atoms with Crippen molar-refractivity contribution >= 4 is 28.7 Å². The van der Waals surface area contributed by atoms with Crippen LogP contribution >= 0.6 is 0 Å². The number of fused-ring (bicyclic) bond motifs is 1. The zero-order chi connectivity index (χ0) is 15.6. The molecule has 0 fully saturated rings. The Kier molecular flexibility index (Phi) is 4.07. The summed E-state index contributed by atoms with van der Waals surface area (Å²) in [6, 6.07) is 6.25. The number of nitrogens with one attached hydrogen (secondary N) is 1. The molecule has 2 aromatic rings. The van der Waals surface area contributed by atoms with Crippen molar-refractivity contribution in [3.8, 4) is 0 Å². The van der Waals surface area contributed by atoms with Crippen LogP contribution < -0.4 is 5.32 Å². The van der Waals surface area contributed by atoms with Crippen LogP contribution in [0.2, 0.25) is 0 Å². The van der Waals surface area contributed by atoms with Gasteiger partial charge < -0.3 is 10.4 Å². The molecule has 1 amide bonds. The highest BCUT2D eigenvalue weighted by Gasteiger charge is 2.21. The Morgan fingerprint density at radius 2 is 1.90 bits per heavy atom. The van der Waals surface area contributed by atoms with Gasteiger partial charge in [0.15, 0.2) is 0 Å². The molecule has 0 bridgehead atoms. The molecule has 6 nitrogen and oxygen atoms in total. The van der Waals surface area contributed by atoms with Crippen molar-refractivity contribution in [1.82, 2.24) is 9.88 Å². The second-order valence-corrected chi connectivity index (χ2v) is 4.86. The molecule has 2 rings (SSSR count). The van der Waals surface area contributed by atoms with Gasteiger partial charge in [0.25, 0.3) is 0 Å². The highest BCUT2D eigenvalue weighted by Crippen LogP contribution is 2.22. The summed E-state index contributed by atoms with van der Waals surface area (Å²) < 4.78 is 1.48. The number of hydrogen-bond acceptors (Lipinski definition) is 3. The van der Waals surface area contributed by atoms with Crippen molar-refractivity contribution in [2.75, 3.05) is 0 Å². The fraction of sp³-hybridized carbons (Fsp3) is 0.267. The third-order valence-electron chi connectivity index (χ3n) is 3.23. The third-order valence-corrected chi connectivity index (χ3v) is 3.23. The molecule has 1 heterocycles. The van der Waals surface area contributed by atoms with Gasteiger partial charge in [-0.15, -0.1) is 0 Å². The molecule has 0 aliphatic rings. The number of amides is 1. The van der Waals surface area contributed by atoms with Crippen molar-refractivity contribution in [1.29, 1.82) is 0 Å². The maximum atomic E-state index is 11.6. The molecule has 0 aliphatic carbocycles. The number of nitrogens with zero attached hydrogens (tertiary/aromatic N) is 1. The van der Waals surface area contributed by atoms with E-state index in [1.807, 2.05) is 18.2 Å². The maximum Gasteiger partial charge on any atom is 0.326 e. The molecule has 0 unspecified atom stereocenters. The Balaban J connectivity index is 2.44. The fourth-order valence-corrected chi connectivity index (χ4v) is 2.34. The highest BCUT2D eigenvalue weighted by molar-refractivity contribution is 5.94. The maximum absolute atomic E-state index is 11.6. The Morgan fingerprint density at radius 1 is 1.24 bits per heavy atom. The van der Waals surface area contributed by atoms with E-state index in [1.165, 1.54) is 18.4 Å². The van der Waals surface area contributed by atoms with Crippen molar-refractivity contribution in [2.45, 2.75) is 26.3 Å². The van der Waals surface area contributed by atoms with Gasteiger partial charge >= 0.3 is 5.97 Å². The van der Waals surface area contributed by atoms with E-state index in [9.17, 15) is 19.5 Å². The van der Waals surface area contributed by atoms with E-state index >= 15 is 0 Å². The van der Waals surface area contributed by atoms with E-state index in [0.29, 0.717) is 5.56 Å². The van der Waals surface area contributed by atoms with Gasteiger partial charge in [-0.2, -0.15) is 0 Å².